The van der Waals surface area contributed by atoms with E-state index in [0.29, 0.717) is 24.2 Å². The zero-order chi connectivity index (χ0) is 14.7. The molecule has 22 heavy (non-hydrogen) atoms. The van der Waals surface area contributed by atoms with E-state index in [2.05, 4.69) is 20.4 Å². The molecule has 2 fully saturated rings. The third-order valence-electron chi connectivity index (χ3n) is 4.18. The van der Waals surface area contributed by atoms with Gasteiger partial charge in [-0.25, -0.2) is 0 Å². The Labute approximate surface area is 147 Å². The zero-order valence-electron chi connectivity index (χ0n) is 12.8. The van der Waals surface area contributed by atoms with Crippen molar-refractivity contribution < 1.29 is 9.26 Å². The highest BCUT2D eigenvalue weighted by molar-refractivity contribution is 14.0. The lowest BCUT2D eigenvalue weighted by atomic mass is 9.86. The monoisotopic (exact) mass is 421 g/mol. The number of halogens is 1. The second kappa shape index (κ2) is 8.09. The number of aromatic nitrogens is 2. The van der Waals surface area contributed by atoms with Gasteiger partial charge in [-0.05, 0) is 38.5 Å². The van der Waals surface area contributed by atoms with Gasteiger partial charge in [-0.3, -0.25) is 4.99 Å². The Kier molecular flexibility index (Phi) is 6.42. The molecule has 1 saturated carbocycles. The first-order valence-corrected chi connectivity index (χ1v) is 7.70. The maximum Gasteiger partial charge on any atom is 0.255 e. The van der Waals surface area contributed by atoms with E-state index in [-0.39, 0.29) is 36.2 Å². The first kappa shape index (κ1) is 17.5. The fourth-order valence-corrected chi connectivity index (χ4v) is 2.66. The van der Waals surface area contributed by atoms with Gasteiger partial charge in [-0.1, -0.05) is 11.6 Å². The van der Waals surface area contributed by atoms with Crippen LogP contribution in [0.2, 0.25) is 0 Å². The number of rotatable bonds is 5. The van der Waals surface area contributed by atoms with Crippen LogP contribution in [0.25, 0.3) is 0 Å². The summed E-state index contributed by atoms with van der Waals surface area (Å²) in [5.41, 5.74) is 5.87. The molecule has 0 amide bonds. The quantitative estimate of drug-likeness (QED) is 0.428. The molecule has 0 bridgehead atoms. The molecule has 2 heterocycles. The average molecular weight is 421 g/mol. The van der Waals surface area contributed by atoms with E-state index in [1.807, 2.05) is 0 Å². The first-order chi connectivity index (χ1) is 10.2. The summed E-state index contributed by atoms with van der Waals surface area (Å²) in [4.78, 5) is 8.59. The second-order valence-electron chi connectivity index (χ2n) is 5.91. The van der Waals surface area contributed by atoms with E-state index in [1.54, 1.807) is 6.92 Å². The number of hydrogen-bond donors (Lipinski definition) is 2. The predicted octanol–water partition coefficient (Wildman–Crippen LogP) is 1.92. The maximum absolute atomic E-state index is 5.90. The summed E-state index contributed by atoms with van der Waals surface area (Å²) < 4.78 is 11.1. The molecule has 3 N–H and O–H groups in total. The predicted molar refractivity (Wildman–Crippen MR) is 93.1 cm³/mol. The standard InChI is InChI=1S/C14H23N5O2.HI/c1-9-18-13(21-19-9)12-6-5-11(20-12)8-17-14(15)16-7-10-3-2-4-10;/h10-12H,2-8H2,1H3,(H3,15,16,17);1H/t11-,12+;/m1./s1. The number of nitrogens with two attached hydrogens (primary N) is 1. The van der Waals surface area contributed by atoms with Gasteiger partial charge in [0.25, 0.3) is 5.89 Å². The highest BCUT2D eigenvalue weighted by Gasteiger charge is 2.30. The first-order valence-electron chi connectivity index (χ1n) is 7.70. The minimum atomic E-state index is -0.0915. The normalized spacial score (nSPS) is 25.6. The minimum Gasteiger partial charge on any atom is -0.370 e. The molecule has 1 aromatic rings. The Morgan fingerprint density at radius 1 is 1.36 bits per heavy atom. The van der Waals surface area contributed by atoms with Gasteiger partial charge in [0.1, 0.15) is 6.10 Å². The van der Waals surface area contributed by atoms with Crippen molar-refractivity contribution in [3.8, 4) is 0 Å². The Hall–Kier alpha value is -0.900. The van der Waals surface area contributed by atoms with Crippen LogP contribution in [0.1, 0.15) is 49.9 Å². The van der Waals surface area contributed by atoms with Crippen molar-refractivity contribution in [3.63, 3.8) is 0 Å². The Balaban J connectivity index is 0.00000176. The molecule has 7 nitrogen and oxygen atoms in total. The number of hydrogen-bond acceptors (Lipinski definition) is 5. The largest absolute Gasteiger partial charge is 0.370 e. The molecule has 1 aromatic heterocycles. The average Bonchev–Trinajstić information content (AvgIpc) is 3.03. The third kappa shape index (κ3) is 4.55. The van der Waals surface area contributed by atoms with Crippen molar-refractivity contribution in [1.82, 2.24) is 15.5 Å². The molecule has 8 heteroatoms. The van der Waals surface area contributed by atoms with Crippen molar-refractivity contribution in [3.05, 3.63) is 11.7 Å². The number of nitrogens with one attached hydrogen (secondary N) is 1. The van der Waals surface area contributed by atoms with Crippen LogP contribution in [0.3, 0.4) is 0 Å². The smallest absolute Gasteiger partial charge is 0.255 e. The van der Waals surface area contributed by atoms with E-state index < -0.39 is 0 Å². The van der Waals surface area contributed by atoms with Crippen molar-refractivity contribution in [1.29, 1.82) is 0 Å². The summed E-state index contributed by atoms with van der Waals surface area (Å²) in [5.74, 6) is 2.46. The summed E-state index contributed by atoms with van der Waals surface area (Å²) in [6.07, 6.45) is 5.77. The van der Waals surface area contributed by atoms with Crippen LogP contribution in [0.15, 0.2) is 9.52 Å². The lowest BCUT2D eigenvalue weighted by Gasteiger charge is -2.23. The number of guanidine groups is 1. The van der Waals surface area contributed by atoms with Gasteiger partial charge < -0.3 is 20.3 Å². The van der Waals surface area contributed by atoms with Gasteiger partial charge in [0, 0.05) is 13.1 Å². The maximum atomic E-state index is 5.90. The van der Waals surface area contributed by atoms with Crippen LogP contribution in [0.5, 0.6) is 0 Å². The molecule has 1 aliphatic carbocycles. The third-order valence-corrected chi connectivity index (χ3v) is 4.18. The zero-order valence-corrected chi connectivity index (χ0v) is 15.2. The van der Waals surface area contributed by atoms with Crippen LogP contribution in [0, 0.1) is 12.8 Å². The molecule has 0 unspecified atom stereocenters. The van der Waals surface area contributed by atoms with Crippen LogP contribution in [-0.4, -0.2) is 35.3 Å². The molecule has 2 atom stereocenters. The molecule has 0 spiro atoms. The molecule has 0 aromatic carbocycles. The van der Waals surface area contributed by atoms with E-state index in [0.717, 1.165) is 25.3 Å². The molecule has 1 saturated heterocycles. The van der Waals surface area contributed by atoms with Crippen molar-refractivity contribution in [2.24, 2.45) is 16.6 Å². The number of aryl methyl sites for hydroxylation is 1. The van der Waals surface area contributed by atoms with E-state index in [4.69, 9.17) is 15.0 Å². The summed E-state index contributed by atoms with van der Waals surface area (Å²) in [6.45, 7) is 3.32. The molecule has 2 aliphatic rings. The number of nitrogens with zero attached hydrogens (tertiary/aromatic N) is 3. The van der Waals surface area contributed by atoms with Crippen molar-refractivity contribution in [2.45, 2.75) is 51.2 Å². The summed E-state index contributed by atoms with van der Waals surface area (Å²) in [6, 6.07) is 0. The van der Waals surface area contributed by atoms with Crippen molar-refractivity contribution >= 4 is 29.9 Å². The number of ether oxygens (including phenoxy) is 1. The van der Waals surface area contributed by atoms with E-state index >= 15 is 0 Å². The van der Waals surface area contributed by atoms with Crippen LogP contribution >= 0.6 is 24.0 Å². The highest BCUT2D eigenvalue weighted by Crippen LogP contribution is 2.31. The molecule has 1 aliphatic heterocycles. The van der Waals surface area contributed by atoms with Gasteiger partial charge in [0.15, 0.2) is 11.8 Å². The van der Waals surface area contributed by atoms with Gasteiger partial charge in [0.2, 0.25) is 0 Å². The van der Waals surface area contributed by atoms with E-state index in [9.17, 15) is 0 Å². The van der Waals surface area contributed by atoms with Gasteiger partial charge in [-0.2, -0.15) is 4.98 Å². The fourth-order valence-electron chi connectivity index (χ4n) is 2.66. The lowest BCUT2D eigenvalue weighted by molar-refractivity contribution is 0.0286. The molecule has 0 radical (unpaired) electrons. The number of aliphatic imine (C=N–C) groups is 1. The lowest BCUT2D eigenvalue weighted by Crippen LogP contribution is -2.37. The minimum absolute atomic E-state index is 0. The Bertz CT molecular complexity index is 503. The van der Waals surface area contributed by atoms with Gasteiger partial charge in [-0.15, -0.1) is 24.0 Å². The van der Waals surface area contributed by atoms with E-state index in [1.165, 1.54) is 19.3 Å². The van der Waals surface area contributed by atoms with Gasteiger partial charge >= 0.3 is 0 Å². The molecule has 124 valence electrons. The van der Waals surface area contributed by atoms with Crippen LogP contribution < -0.4 is 11.1 Å². The second-order valence-corrected chi connectivity index (χ2v) is 5.91. The Morgan fingerprint density at radius 3 is 2.82 bits per heavy atom. The summed E-state index contributed by atoms with van der Waals surface area (Å²) in [7, 11) is 0. The topological polar surface area (TPSA) is 98.6 Å². The summed E-state index contributed by atoms with van der Waals surface area (Å²) in [5, 5.41) is 6.94. The van der Waals surface area contributed by atoms with Crippen molar-refractivity contribution in [2.75, 3.05) is 13.1 Å². The summed E-state index contributed by atoms with van der Waals surface area (Å²) >= 11 is 0. The SMILES string of the molecule is Cc1noc([C@@H]2CC[C@H](CNC(N)=NCC3CCC3)O2)n1.I. The van der Waals surface area contributed by atoms with Crippen LogP contribution in [-0.2, 0) is 4.74 Å². The molecular formula is C14H24IN5O2. The molecule has 3 rings (SSSR count). The highest BCUT2D eigenvalue weighted by atomic mass is 127. The van der Waals surface area contributed by atoms with Gasteiger partial charge in [0.05, 0.1) is 6.10 Å². The molecular weight excluding hydrogens is 397 g/mol. The Morgan fingerprint density at radius 2 is 2.18 bits per heavy atom. The van der Waals surface area contributed by atoms with Crippen LogP contribution in [0.4, 0.5) is 0 Å². The fraction of sp³-hybridized carbons (Fsp3) is 0.786.